The van der Waals surface area contributed by atoms with Crippen LogP contribution in [0.3, 0.4) is 0 Å². The zero-order valence-corrected chi connectivity index (χ0v) is 73.6. The fourth-order valence-electron chi connectivity index (χ4n) is 19.1. The minimum atomic E-state index is -0.400. The van der Waals surface area contributed by atoms with Crippen LogP contribution in [0, 0.1) is 25.6 Å². The quantitative estimate of drug-likeness (QED) is 0.0341. The summed E-state index contributed by atoms with van der Waals surface area (Å²) in [6.45, 7) is 44.7. The summed E-state index contributed by atoms with van der Waals surface area (Å²) >= 11 is 6.51. The number of piperidine rings is 1. The number of fused-ring (bicyclic) bond motifs is 6. The van der Waals surface area contributed by atoms with Crippen molar-refractivity contribution in [1.82, 2.24) is 49.5 Å². The van der Waals surface area contributed by atoms with E-state index in [1.165, 1.54) is 73.9 Å². The van der Waals surface area contributed by atoms with Gasteiger partial charge in [-0.1, -0.05) is 146 Å². The molecule has 0 saturated carbocycles. The second-order valence-electron chi connectivity index (χ2n) is 33.6. The number of nitrogens with zero attached hydrogens (tertiary/aromatic N) is 19. The molecule has 0 aliphatic carbocycles. The van der Waals surface area contributed by atoms with Crippen LogP contribution in [-0.2, 0) is 55.0 Å². The number of likely N-dealkylation sites (tertiary alicyclic amines) is 2. The summed E-state index contributed by atoms with van der Waals surface area (Å²) in [5, 5.41) is 7.62. The number of aromatic nitrogens is 6. The first kappa shape index (κ1) is 85.8. The predicted octanol–water partition coefficient (Wildman–Crippen LogP) is 16.2. The number of halogens is 2. The molecule has 3 aromatic heterocycles. The predicted molar refractivity (Wildman–Crippen MR) is 497 cm³/mol. The van der Waals surface area contributed by atoms with Crippen molar-refractivity contribution < 1.29 is 25.2 Å². The third-order valence-electron chi connectivity index (χ3n) is 25.9. The van der Waals surface area contributed by atoms with Crippen LogP contribution >= 0.6 is 35.6 Å². The fraction of sp³-hybridized carbons (Fsp3) is 0.427. The molecule has 2 amide bonds. The molecule has 634 valence electrons. The average molecular weight is 1770 g/mol. The van der Waals surface area contributed by atoms with Crippen molar-refractivity contribution in [2.75, 3.05) is 142 Å². The van der Waals surface area contributed by atoms with Crippen LogP contribution in [-0.4, -0.2) is 216 Å². The Balaban J connectivity index is 0.000000149. The van der Waals surface area contributed by atoms with Gasteiger partial charge in [0.1, 0.15) is 49.4 Å². The molecule has 0 spiro atoms. The Labute approximate surface area is 740 Å². The van der Waals surface area contributed by atoms with E-state index >= 15 is 0 Å². The van der Waals surface area contributed by atoms with E-state index in [0.29, 0.717) is 95.1 Å². The Kier molecular flexibility index (Phi) is 27.7. The van der Waals surface area contributed by atoms with E-state index in [2.05, 4.69) is 228 Å². The number of amides is 2. The van der Waals surface area contributed by atoms with Gasteiger partial charge >= 0.3 is 18.1 Å². The van der Waals surface area contributed by atoms with E-state index in [1.54, 1.807) is 9.80 Å². The van der Waals surface area contributed by atoms with E-state index in [-0.39, 0.29) is 80.5 Å². The molecule has 5 fully saturated rings. The van der Waals surface area contributed by atoms with Crippen molar-refractivity contribution in [3.8, 4) is 12.0 Å². The maximum atomic E-state index is 13.1. The van der Waals surface area contributed by atoms with Crippen LogP contribution in [0.2, 0.25) is 5.28 Å². The standard InChI is InChI=1S/C33H39N7O2.C32H31ClN6O2.C31H38N6O.HI.H2/c1-5-31(41)40-19-23(2)39(20-26(40)18-34-3)32-28-15-17-38(30-14-8-11-24-10-6-7-13-27(24)30)21-29(28)35-33(36-32)42-22-25-12-9-16-37(25)4;1-22-18-39(32(40)41-21-23-9-4-3-5-10-23)25(17-34-2)19-38(22)30-27-15-16-37(20-28(27)35-31(33)36-30)29-14-8-12-24-11-6-7-13-26(24)29;1-22-13-14-23(18-32-2)19-37(22)30-27-15-17-36(29-12-6-9-24-8-4-5-11-26(24)29)20-28(27)33-31(34-30)38-21-25-10-7-16-35(25)3;;/h5-8,10-11,13-14,23,25-26H,1,9,12,15-22H2,2,4H3;3-14,22,25H,15-21H2,1H3;4-6,8-9,11-12,22-23,25H,7,10,13-21H2,1,3H3;2*1H/t23-,25+,26+;22-,25+;22-,23+,25+;;/m111../s1. The van der Waals surface area contributed by atoms with Crippen molar-refractivity contribution in [1.29, 1.82) is 0 Å². The van der Waals surface area contributed by atoms with Crippen LogP contribution in [0.25, 0.3) is 46.9 Å². The molecule has 0 N–H and O–H groups in total. The Morgan fingerprint density at radius 3 is 1.34 bits per heavy atom. The number of piperazine rings is 2. The first-order valence-electron chi connectivity index (χ1n) is 43.0. The molecule has 122 heavy (non-hydrogen) atoms. The van der Waals surface area contributed by atoms with Crippen molar-refractivity contribution in [3.05, 3.63) is 249 Å². The molecule has 7 aromatic carbocycles. The summed E-state index contributed by atoms with van der Waals surface area (Å²) in [6.07, 6.45) is 10.3. The minimum Gasteiger partial charge on any atom is -0.462 e. The largest absolute Gasteiger partial charge is 0.462 e. The highest BCUT2D eigenvalue weighted by Gasteiger charge is 2.42. The maximum Gasteiger partial charge on any atom is 0.410 e. The number of ether oxygens (including phenoxy) is 3. The Hall–Kier alpha value is -11.2. The van der Waals surface area contributed by atoms with E-state index in [1.807, 2.05) is 30.3 Å². The zero-order chi connectivity index (χ0) is 83.6. The lowest BCUT2D eigenvalue weighted by Gasteiger charge is -2.45. The van der Waals surface area contributed by atoms with E-state index in [0.717, 1.165) is 142 Å². The molecule has 8 aliphatic heterocycles. The Morgan fingerprint density at radius 1 is 0.475 bits per heavy atom. The van der Waals surface area contributed by atoms with Gasteiger partial charge in [0, 0.05) is 140 Å². The van der Waals surface area contributed by atoms with Gasteiger partial charge in [0.15, 0.2) is 0 Å². The van der Waals surface area contributed by atoms with Gasteiger partial charge in [-0.25, -0.2) is 34.5 Å². The first-order valence-corrected chi connectivity index (χ1v) is 43.4. The number of benzene rings is 7. The van der Waals surface area contributed by atoms with Crippen molar-refractivity contribution >= 4 is 114 Å². The SMILES string of the molecule is I.[C-]#[N+]C[C@@H]1CC[C@@H](C)N(c2nc(OC[C@@H]3CCCN3C)nc3c2CCN(c2cccc4ccccc24)C3)C1.[C-]#[N+]C[C@H]1CN(c2nc(Cl)nc3c2CCN(c2cccc4ccccc24)C3)[C@H](C)CN1C(=O)OCc1ccccc1.[C-]#[N+]C[C@H]1CN(c2nc(OC[C@@H]3CCCN3C)nc3c2CCN(c2cccc4ccccc24)C3)[C@H](C)CN1C(=O)C=C.[HH]. The van der Waals surface area contributed by atoms with Crippen molar-refractivity contribution in [2.24, 2.45) is 5.92 Å². The minimum absolute atomic E-state index is 0. The zero-order valence-electron chi connectivity index (χ0n) is 70.5. The van der Waals surface area contributed by atoms with Gasteiger partial charge in [-0.15, -0.1) is 24.0 Å². The number of carbonyl (C=O) groups excluding carboxylic acids is 2. The Morgan fingerprint density at radius 2 is 0.893 bits per heavy atom. The topological polar surface area (TPSA) is 185 Å². The number of hydrogen-bond donors (Lipinski definition) is 0. The van der Waals surface area contributed by atoms with Gasteiger partial charge in [-0.3, -0.25) is 9.69 Å². The molecule has 11 heterocycles. The van der Waals surface area contributed by atoms with E-state index < -0.39 is 6.09 Å². The monoisotopic (exact) mass is 1770 g/mol. The van der Waals surface area contributed by atoms with Crippen LogP contribution in [0.15, 0.2) is 170 Å². The summed E-state index contributed by atoms with van der Waals surface area (Å²) in [7, 11) is 4.32. The normalized spacial score (nSPS) is 21.5. The summed E-state index contributed by atoms with van der Waals surface area (Å²) in [5.41, 5.74) is 11.0. The summed E-state index contributed by atoms with van der Waals surface area (Å²) in [6, 6.07) is 56.0. The van der Waals surface area contributed by atoms with E-state index in [9.17, 15) is 9.59 Å². The molecule has 24 nitrogen and oxygen atoms in total. The van der Waals surface area contributed by atoms with Gasteiger partial charge in [0.25, 0.3) is 0 Å². The highest BCUT2D eigenvalue weighted by Crippen LogP contribution is 2.41. The van der Waals surface area contributed by atoms with Gasteiger partial charge < -0.3 is 72.8 Å². The second-order valence-corrected chi connectivity index (χ2v) is 33.9. The average Bonchev–Trinajstić information content (AvgIpc) is 0.796. The lowest BCUT2D eigenvalue weighted by molar-refractivity contribution is -0.128. The maximum absolute atomic E-state index is 13.1. The van der Waals surface area contributed by atoms with Gasteiger partial charge in [0.05, 0.1) is 36.7 Å². The third-order valence-corrected chi connectivity index (χ3v) is 26.0. The molecule has 0 unspecified atom stereocenters. The summed E-state index contributed by atoms with van der Waals surface area (Å²) < 4.78 is 18.3. The van der Waals surface area contributed by atoms with Crippen molar-refractivity contribution in [3.63, 3.8) is 0 Å². The lowest BCUT2D eigenvalue weighted by Crippen LogP contribution is -2.60. The molecular weight excluding hydrogens is 1660 g/mol. The van der Waals surface area contributed by atoms with E-state index in [4.69, 9.17) is 70.4 Å². The Bertz CT molecular complexity index is 5530. The van der Waals surface area contributed by atoms with Crippen LogP contribution in [0.1, 0.15) is 100 Å². The van der Waals surface area contributed by atoms with Crippen LogP contribution in [0.4, 0.5) is 39.3 Å². The number of likely N-dealkylation sites (N-methyl/N-ethyl adjacent to an activating group) is 2. The number of carbonyl (C=O) groups is 2. The fourth-order valence-corrected chi connectivity index (χ4v) is 19.3. The molecule has 8 aliphatic rings. The number of hydrogen-bond acceptors (Lipinski definition) is 19. The molecule has 5 saturated heterocycles. The summed E-state index contributed by atoms with van der Waals surface area (Å²) in [4.78, 5) is 88.6. The molecule has 26 heteroatoms. The highest BCUT2D eigenvalue weighted by atomic mass is 127. The molecule has 8 atom stereocenters. The van der Waals surface area contributed by atoms with Crippen LogP contribution < -0.4 is 38.9 Å². The summed E-state index contributed by atoms with van der Waals surface area (Å²) in [5.74, 6) is 2.97. The smallest absolute Gasteiger partial charge is 0.410 e. The molecule has 0 radical (unpaired) electrons. The first-order chi connectivity index (χ1) is 59.1. The van der Waals surface area contributed by atoms with Gasteiger partial charge in [-0.05, 0) is 163 Å². The third kappa shape index (κ3) is 19.0. The molecule has 18 rings (SSSR count). The molecule has 0 bridgehead atoms. The molecule has 10 aromatic rings. The number of anilines is 6. The lowest BCUT2D eigenvalue weighted by atomic mass is 9.92. The van der Waals surface area contributed by atoms with Crippen molar-refractivity contribution in [2.45, 2.75) is 147 Å². The van der Waals surface area contributed by atoms with Gasteiger partial charge in [-0.2, -0.15) is 19.9 Å². The second kappa shape index (κ2) is 39.4. The highest BCUT2D eigenvalue weighted by molar-refractivity contribution is 14.0. The van der Waals surface area contributed by atoms with Gasteiger partial charge in [0.2, 0.25) is 30.8 Å². The van der Waals surface area contributed by atoms with Crippen LogP contribution in [0.5, 0.6) is 12.0 Å². The number of rotatable bonds is 18. The molecular formula is C96H111ClIN19O5.